The maximum atomic E-state index is 12.9. The molecule has 1 N–H and O–H groups in total. The molecule has 1 unspecified atom stereocenters. The summed E-state index contributed by atoms with van der Waals surface area (Å²) in [5, 5.41) is 9.60. The van der Waals surface area contributed by atoms with E-state index >= 15 is 0 Å². The number of benzene rings is 3. The molecule has 6 heteroatoms. The van der Waals surface area contributed by atoms with Crippen LogP contribution in [0.15, 0.2) is 84.9 Å². The van der Waals surface area contributed by atoms with Gasteiger partial charge in [0.2, 0.25) is 0 Å². The van der Waals surface area contributed by atoms with Gasteiger partial charge in [0.15, 0.2) is 6.10 Å². The monoisotopic (exact) mass is 447 g/mol. The van der Waals surface area contributed by atoms with E-state index in [0.29, 0.717) is 17.2 Å². The summed E-state index contributed by atoms with van der Waals surface area (Å²) in [5.41, 5.74) is 1.37. The first-order valence-corrected chi connectivity index (χ1v) is 10.8. The predicted molar refractivity (Wildman–Crippen MR) is 125 cm³/mol. The molecule has 0 saturated heterocycles. The van der Waals surface area contributed by atoms with Gasteiger partial charge in [0.05, 0.1) is 6.54 Å². The van der Waals surface area contributed by atoms with Gasteiger partial charge in [-0.25, -0.2) is 0 Å². The summed E-state index contributed by atoms with van der Waals surface area (Å²) in [7, 11) is 0. The lowest BCUT2D eigenvalue weighted by Gasteiger charge is -2.28. The van der Waals surface area contributed by atoms with Gasteiger partial charge < -0.3 is 14.7 Å². The number of hydrogen-bond acceptors (Lipinski definition) is 3. The van der Waals surface area contributed by atoms with Crippen LogP contribution >= 0.6 is 0 Å². The summed E-state index contributed by atoms with van der Waals surface area (Å²) in [5.74, 6) is 1.13. The zero-order valence-corrected chi connectivity index (χ0v) is 19.0. The number of anilines is 1. The molecule has 174 valence electrons. The topological polar surface area (TPSA) is 32.7 Å². The van der Waals surface area contributed by atoms with Crippen LogP contribution in [-0.2, 0) is 6.54 Å². The summed E-state index contributed by atoms with van der Waals surface area (Å²) >= 11 is 0. The van der Waals surface area contributed by atoms with E-state index in [9.17, 15) is 18.3 Å². The van der Waals surface area contributed by atoms with Gasteiger partial charge in [-0.3, -0.25) is 0 Å². The highest BCUT2D eigenvalue weighted by Gasteiger charge is 2.39. The molecule has 3 rings (SSSR count). The van der Waals surface area contributed by atoms with Crippen molar-refractivity contribution in [2.24, 2.45) is 0 Å². The molecule has 0 amide bonds. The zero-order valence-electron chi connectivity index (χ0n) is 19.0. The van der Waals surface area contributed by atoms with Gasteiger partial charge in [0.25, 0.3) is 0 Å². The third-order valence-corrected chi connectivity index (χ3v) is 4.15. The number of hydrogen-bond donors (Lipinski definition) is 1. The highest BCUT2D eigenvalue weighted by molar-refractivity contribution is 5.52. The lowest BCUT2D eigenvalue weighted by Crippen LogP contribution is -2.40. The number of ether oxygens (including phenoxy) is 1. The normalized spacial score (nSPS) is 11.2. The van der Waals surface area contributed by atoms with E-state index in [-0.39, 0.29) is 6.54 Å². The molecule has 0 fully saturated rings. The Morgan fingerprint density at radius 1 is 0.781 bits per heavy atom. The predicted octanol–water partition coefficient (Wildman–Crippen LogP) is 7.46. The third-order valence-electron chi connectivity index (χ3n) is 4.15. The van der Waals surface area contributed by atoms with Gasteiger partial charge in [-0.15, -0.1) is 0 Å². The molecule has 0 heterocycles. The van der Waals surface area contributed by atoms with E-state index in [2.05, 4.69) is 0 Å². The van der Waals surface area contributed by atoms with Crippen molar-refractivity contribution >= 4 is 5.69 Å². The molecule has 0 saturated carbocycles. The maximum Gasteiger partial charge on any atom is 0.416 e. The van der Waals surface area contributed by atoms with E-state index in [0.717, 1.165) is 5.56 Å². The molecule has 0 aliphatic rings. The van der Waals surface area contributed by atoms with Crippen molar-refractivity contribution in [1.82, 2.24) is 0 Å². The molecule has 0 aliphatic carbocycles. The molecule has 0 spiro atoms. The Labute approximate surface area is 189 Å². The van der Waals surface area contributed by atoms with Crippen molar-refractivity contribution in [3.63, 3.8) is 0 Å². The summed E-state index contributed by atoms with van der Waals surface area (Å²) in [6.45, 7) is 7.65. The van der Waals surface area contributed by atoms with E-state index < -0.39 is 18.8 Å². The fraction of sp³-hybridized carbons (Fsp3) is 0.308. The second-order valence-corrected chi connectivity index (χ2v) is 6.34. The Morgan fingerprint density at radius 2 is 1.31 bits per heavy atom. The minimum absolute atomic E-state index is 0.225. The molecule has 3 nitrogen and oxygen atoms in total. The van der Waals surface area contributed by atoms with Crippen molar-refractivity contribution in [3.8, 4) is 11.5 Å². The average Bonchev–Trinajstić information content (AvgIpc) is 2.82. The molecule has 3 aromatic rings. The van der Waals surface area contributed by atoms with E-state index in [1.165, 1.54) is 4.90 Å². The minimum Gasteiger partial charge on any atom is -0.457 e. The lowest BCUT2D eigenvalue weighted by atomic mass is 10.1. The van der Waals surface area contributed by atoms with Gasteiger partial charge in [0.1, 0.15) is 11.5 Å². The van der Waals surface area contributed by atoms with Crippen LogP contribution in [0.3, 0.4) is 0 Å². The SMILES string of the molecule is CC.CC.OC(CN(Cc1ccccc1)c1cccc(Oc2ccccc2)c1)C(F)(F)F. The average molecular weight is 448 g/mol. The van der Waals surface area contributed by atoms with Crippen molar-refractivity contribution in [2.45, 2.75) is 46.5 Å². The van der Waals surface area contributed by atoms with Crippen LogP contribution in [0, 0.1) is 0 Å². The number of halogens is 3. The van der Waals surface area contributed by atoms with E-state index in [1.54, 1.807) is 36.4 Å². The quantitative estimate of drug-likeness (QED) is 0.408. The molecule has 32 heavy (non-hydrogen) atoms. The Morgan fingerprint density at radius 3 is 1.88 bits per heavy atom. The first kappa shape index (κ1) is 27.0. The van der Waals surface area contributed by atoms with Crippen molar-refractivity contribution in [1.29, 1.82) is 0 Å². The van der Waals surface area contributed by atoms with Gasteiger partial charge in [-0.2, -0.15) is 13.2 Å². The second-order valence-electron chi connectivity index (χ2n) is 6.34. The highest BCUT2D eigenvalue weighted by atomic mass is 19.4. The molecule has 0 radical (unpaired) electrons. The number of aliphatic hydroxyl groups is 1. The number of nitrogens with zero attached hydrogens (tertiary/aromatic N) is 1. The molecule has 0 bridgehead atoms. The first-order valence-electron chi connectivity index (χ1n) is 10.8. The minimum atomic E-state index is -4.69. The summed E-state index contributed by atoms with van der Waals surface area (Å²) in [4.78, 5) is 1.49. The maximum absolute atomic E-state index is 12.9. The Bertz CT molecular complexity index is 871. The van der Waals surface area contributed by atoms with Gasteiger partial charge >= 0.3 is 6.18 Å². The van der Waals surface area contributed by atoms with Crippen molar-refractivity contribution in [2.75, 3.05) is 11.4 Å². The van der Waals surface area contributed by atoms with Crippen LogP contribution in [0.25, 0.3) is 0 Å². The first-order chi connectivity index (χ1) is 15.4. The molecular weight excluding hydrogens is 415 g/mol. The van der Waals surface area contributed by atoms with E-state index in [1.807, 2.05) is 76.2 Å². The van der Waals surface area contributed by atoms with E-state index in [4.69, 9.17) is 4.74 Å². The summed E-state index contributed by atoms with van der Waals surface area (Å²) in [6.07, 6.45) is -7.14. The van der Waals surface area contributed by atoms with Crippen molar-refractivity contribution in [3.05, 3.63) is 90.5 Å². The lowest BCUT2D eigenvalue weighted by molar-refractivity contribution is -0.200. The van der Waals surface area contributed by atoms with Crippen LogP contribution in [0.5, 0.6) is 11.5 Å². The summed E-state index contributed by atoms with van der Waals surface area (Å²) < 4.78 is 44.6. The molecule has 3 aromatic carbocycles. The fourth-order valence-electron chi connectivity index (χ4n) is 2.75. The Hall–Kier alpha value is -2.99. The number of alkyl halides is 3. The summed E-state index contributed by atoms with van der Waals surface area (Å²) in [6, 6.07) is 25.1. The zero-order chi connectivity index (χ0) is 24.0. The standard InChI is InChI=1S/C22H20F3NO2.2C2H6/c23-22(24,25)21(27)16-26(15-17-8-3-1-4-9-17)18-10-7-13-20(14-18)28-19-11-5-2-6-12-19;2*1-2/h1-14,21,27H,15-16H2;2*1-2H3. The molecule has 0 aliphatic heterocycles. The largest absolute Gasteiger partial charge is 0.457 e. The molecule has 1 atom stereocenters. The molecular formula is C26H32F3NO2. The van der Waals surface area contributed by atoms with Crippen LogP contribution in [-0.4, -0.2) is 23.9 Å². The van der Waals surface area contributed by atoms with Crippen molar-refractivity contribution < 1.29 is 23.0 Å². The van der Waals surface area contributed by atoms with Crippen LogP contribution in [0.2, 0.25) is 0 Å². The second kappa shape index (κ2) is 14.1. The third kappa shape index (κ3) is 9.02. The van der Waals surface area contributed by atoms with Gasteiger partial charge in [-0.05, 0) is 29.8 Å². The fourth-order valence-corrected chi connectivity index (χ4v) is 2.75. The Kier molecular flexibility index (Phi) is 12.0. The number of para-hydroxylation sites is 1. The van der Waals surface area contributed by atoms with Gasteiger partial charge in [-0.1, -0.05) is 82.3 Å². The molecule has 0 aromatic heterocycles. The van der Waals surface area contributed by atoms with Crippen LogP contribution in [0.4, 0.5) is 18.9 Å². The number of aliphatic hydroxyl groups excluding tert-OH is 1. The number of rotatable bonds is 7. The van der Waals surface area contributed by atoms with Crippen LogP contribution in [0.1, 0.15) is 33.3 Å². The Balaban J connectivity index is 0.00000121. The van der Waals surface area contributed by atoms with Crippen LogP contribution < -0.4 is 9.64 Å². The highest BCUT2D eigenvalue weighted by Crippen LogP contribution is 2.29. The van der Waals surface area contributed by atoms with Gasteiger partial charge in [0, 0.05) is 18.3 Å². The smallest absolute Gasteiger partial charge is 0.416 e.